The molecule has 6 heteroatoms. The first-order valence-corrected chi connectivity index (χ1v) is 6.89. The molecule has 0 saturated carbocycles. The van der Waals surface area contributed by atoms with Crippen molar-refractivity contribution in [3.8, 4) is 0 Å². The summed E-state index contributed by atoms with van der Waals surface area (Å²) in [5.74, 6) is -0.826. The Morgan fingerprint density at radius 2 is 1.81 bits per heavy atom. The van der Waals surface area contributed by atoms with Crippen LogP contribution in [0.15, 0.2) is 59.2 Å². The van der Waals surface area contributed by atoms with Crippen LogP contribution >= 0.6 is 15.9 Å². The number of hydrogen-bond acceptors (Lipinski definition) is 3. The Labute approximate surface area is 130 Å². The van der Waals surface area contributed by atoms with Crippen molar-refractivity contribution >= 4 is 33.8 Å². The second-order valence-corrected chi connectivity index (χ2v) is 4.95. The van der Waals surface area contributed by atoms with E-state index in [0.717, 1.165) is 4.47 Å². The quantitative estimate of drug-likeness (QED) is 0.662. The van der Waals surface area contributed by atoms with Crippen LogP contribution in [-0.2, 0) is 4.79 Å². The van der Waals surface area contributed by atoms with Crippen LogP contribution in [0.4, 0.5) is 0 Å². The minimum Gasteiger partial charge on any atom is -0.268 e. The molecule has 2 N–H and O–H groups in total. The number of aromatic nitrogens is 1. The molecule has 1 heterocycles. The van der Waals surface area contributed by atoms with E-state index < -0.39 is 5.91 Å². The minimum atomic E-state index is -0.439. The molecular weight excluding hydrogens is 334 g/mol. The highest BCUT2D eigenvalue weighted by Crippen LogP contribution is 2.10. The van der Waals surface area contributed by atoms with E-state index in [1.54, 1.807) is 48.7 Å². The highest BCUT2D eigenvalue weighted by atomic mass is 79.9. The lowest BCUT2D eigenvalue weighted by atomic mass is 10.2. The summed E-state index contributed by atoms with van der Waals surface area (Å²) >= 11 is 3.28. The van der Waals surface area contributed by atoms with Gasteiger partial charge in [0.25, 0.3) is 11.8 Å². The molecule has 1 aromatic carbocycles. The van der Waals surface area contributed by atoms with E-state index in [0.29, 0.717) is 11.3 Å². The molecule has 2 amide bonds. The van der Waals surface area contributed by atoms with Crippen molar-refractivity contribution in [3.05, 3.63) is 70.5 Å². The number of carbonyl (C=O) groups excluding carboxylic acids is 2. The fourth-order valence-corrected chi connectivity index (χ4v) is 1.73. The Kier molecular flexibility index (Phi) is 5.22. The number of rotatable bonds is 3. The third-order valence-electron chi connectivity index (χ3n) is 2.50. The van der Waals surface area contributed by atoms with Crippen molar-refractivity contribution in [1.29, 1.82) is 0 Å². The van der Waals surface area contributed by atoms with E-state index in [1.165, 1.54) is 6.08 Å². The maximum Gasteiger partial charge on any atom is 0.269 e. The highest BCUT2D eigenvalue weighted by molar-refractivity contribution is 9.10. The third kappa shape index (κ3) is 4.85. The third-order valence-corrected chi connectivity index (χ3v) is 3.03. The fraction of sp³-hybridized carbons (Fsp3) is 0. The Bertz CT molecular complexity index is 654. The first-order valence-electron chi connectivity index (χ1n) is 6.10. The Morgan fingerprint density at radius 1 is 1.05 bits per heavy atom. The largest absolute Gasteiger partial charge is 0.269 e. The van der Waals surface area contributed by atoms with Crippen LogP contribution in [0, 0.1) is 0 Å². The first-order chi connectivity index (χ1) is 10.1. The molecule has 5 nitrogen and oxygen atoms in total. The summed E-state index contributed by atoms with van der Waals surface area (Å²) < 4.78 is 0.876. The molecule has 0 aliphatic carbocycles. The van der Waals surface area contributed by atoms with Gasteiger partial charge >= 0.3 is 0 Å². The minimum absolute atomic E-state index is 0.387. The van der Waals surface area contributed by atoms with Gasteiger partial charge in [0.05, 0.1) is 5.69 Å². The smallest absolute Gasteiger partial charge is 0.268 e. The predicted octanol–water partition coefficient (Wildman–Crippen LogP) is 2.32. The van der Waals surface area contributed by atoms with E-state index in [-0.39, 0.29) is 5.91 Å². The molecule has 0 atom stereocenters. The van der Waals surface area contributed by atoms with Gasteiger partial charge in [0.2, 0.25) is 0 Å². The van der Waals surface area contributed by atoms with Crippen molar-refractivity contribution in [3.63, 3.8) is 0 Å². The molecule has 0 saturated heterocycles. The average molecular weight is 346 g/mol. The summed E-state index contributed by atoms with van der Waals surface area (Å²) in [7, 11) is 0. The summed E-state index contributed by atoms with van der Waals surface area (Å²) in [6.45, 7) is 0. The zero-order valence-electron chi connectivity index (χ0n) is 10.9. The first kappa shape index (κ1) is 14.9. The van der Waals surface area contributed by atoms with Gasteiger partial charge < -0.3 is 0 Å². The number of carbonyl (C=O) groups is 2. The van der Waals surface area contributed by atoms with Crippen molar-refractivity contribution in [2.24, 2.45) is 0 Å². The van der Waals surface area contributed by atoms with E-state index in [9.17, 15) is 9.59 Å². The van der Waals surface area contributed by atoms with Crippen LogP contribution in [0.1, 0.15) is 16.1 Å². The highest BCUT2D eigenvalue weighted by Gasteiger charge is 2.05. The van der Waals surface area contributed by atoms with Gasteiger partial charge in [0.15, 0.2) is 0 Å². The molecule has 0 bridgehead atoms. The Balaban J connectivity index is 1.85. The molecule has 2 aromatic rings. The lowest BCUT2D eigenvalue weighted by Crippen LogP contribution is -2.40. The molecule has 0 spiro atoms. The fourth-order valence-electron chi connectivity index (χ4n) is 1.47. The number of halogens is 1. The number of benzene rings is 1. The van der Waals surface area contributed by atoms with Gasteiger partial charge in [-0.15, -0.1) is 0 Å². The van der Waals surface area contributed by atoms with E-state index in [2.05, 4.69) is 31.8 Å². The van der Waals surface area contributed by atoms with Gasteiger partial charge in [0.1, 0.15) is 0 Å². The summed E-state index contributed by atoms with van der Waals surface area (Å²) in [6, 6.07) is 12.2. The van der Waals surface area contributed by atoms with Crippen LogP contribution in [0.25, 0.3) is 6.08 Å². The van der Waals surface area contributed by atoms with Crippen molar-refractivity contribution < 1.29 is 9.59 Å². The van der Waals surface area contributed by atoms with Crippen molar-refractivity contribution in [2.75, 3.05) is 0 Å². The maximum absolute atomic E-state index is 11.8. The Morgan fingerprint density at radius 3 is 2.48 bits per heavy atom. The molecule has 1 aromatic heterocycles. The lowest BCUT2D eigenvalue weighted by molar-refractivity contribution is -0.117. The number of nitrogens with zero attached hydrogens (tertiary/aromatic N) is 1. The average Bonchev–Trinajstić information content (AvgIpc) is 2.52. The second-order valence-electron chi connectivity index (χ2n) is 4.04. The number of hydrazine groups is 1. The van der Waals surface area contributed by atoms with Crippen LogP contribution in [0.5, 0.6) is 0 Å². The Hall–Kier alpha value is -2.47. The molecule has 0 fully saturated rings. The number of pyridine rings is 1. The molecule has 0 unspecified atom stereocenters. The van der Waals surface area contributed by atoms with Gasteiger partial charge in [0, 0.05) is 22.3 Å². The van der Waals surface area contributed by atoms with E-state index in [4.69, 9.17) is 0 Å². The molecule has 0 radical (unpaired) electrons. The summed E-state index contributed by atoms with van der Waals surface area (Å²) in [5, 5.41) is 0. The van der Waals surface area contributed by atoms with E-state index in [1.807, 2.05) is 6.07 Å². The zero-order valence-corrected chi connectivity index (χ0v) is 12.5. The van der Waals surface area contributed by atoms with Gasteiger partial charge in [-0.25, -0.2) is 0 Å². The van der Waals surface area contributed by atoms with Crippen molar-refractivity contribution in [2.45, 2.75) is 0 Å². The normalized spacial score (nSPS) is 10.3. The summed E-state index contributed by atoms with van der Waals surface area (Å²) in [6.07, 6.45) is 4.48. The summed E-state index contributed by atoms with van der Waals surface area (Å²) in [5.41, 5.74) is 5.74. The second kappa shape index (κ2) is 7.35. The standard InChI is InChI=1S/C15H12BrN3O2/c16-12-6-4-11(5-7-12)15(21)19-18-14(20)9-8-13-3-1-2-10-17-13/h1-10H,(H,18,20)(H,19,21)/b9-8+. The molecule has 0 aliphatic heterocycles. The van der Waals surface area contributed by atoms with Crippen LogP contribution in [0.3, 0.4) is 0 Å². The van der Waals surface area contributed by atoms with Crippen LogP contribution in [0.2, 0.25) is 0 Å². The molecule has 21 heavy (non-hydrogen) atoms. The van der Waals surface area contributed by atoms with Crippen LogP contribution in [-0.4, -0.2) is 16.8 Å². The number of amides is 2. The molecular formula is C15H12BrN3O2. The number of nitrogens with one attached hydrogen (secondary N) is 2. The SMILES string of the molecule is O=C(/C=C/c1ccccn1)NNC(=O)c1ccc(Br)cc1. The maximum atomic E-state index is 11.8. The van der Waals surface area contributed by atoms with Gasteiger partial charge in [-0.3, -0.25) is 25.4 Å². The topological polar surface area (TPSA) is 71.1 Å². The number of hydrogen-bond donors (Lipinski definition) is 2. The van der Waals surface area contributed by atoms with Gasteiger partial charge in [-0.05, 0) is 42.5 Å². The van der Waals surface area contributed by atoms with Crippen LogP contribution < -0.4 is 10.9 Å². The molecule has 2 rings (SSSR count). The monoisotopic (exact) mass is 345 g/mol. The molecule has 0 aliphatic rings. The van der Waals surface area contributed by atoms with E-state index >= 15 is 0 Å². The zero-order chi connectivity index (χ0) is 15.1. The van der Waals surface area contributed by atoms with Gasteiger partial charge in [-0.2, -0.15) is 0 Å². The van der Waals surface area contributed by atoms with Crippen molar-refractivity contribution in [1.82, 2.24) is 15.8 Å². The summed E-state index contributed by atoms with van der Waals surface area (Å²) in [4.78, 5) is 27.4. The lowest BCUT2D eigenvalue weighted by Gasteiger charge is -2.05. The molecule has 106 valence electrons. The predicted molar refractivity (Wildman–Crippen MR) is 83.0 cm³/mol. The van der Waals surface area contributed by atoms with Gasteiger partial charge in [-0.1, -0.05) is 22.0 Å².